The fraction of sp³-hybridized carbons (Fsp3) is 0.571. The number of likely N-dealkylation sites (N-methyl/N-ethyl adjacent to an activating group) is 1. The first-order valence-electron chi connectivity index (χ1n) is 9.90. The zero-order valence-electron chi connectivity index (χ0n) is 16.9. The van der Waals surface area contributed by atoms with Gasteiger partial charge in [0.1, 0.15) is 5.75 Å². The molecule has 0 heterocycles. The molecule has 1 N–H and O–H groups in total. The first-order chi connectivity index (χ1) is 13.3. The Kier molecular flexibility index (Phi) is 8.99. The molecule has 1 aliphatic carbocycles. The van der Waals surface area contributed by atoms with Gasteiger partial charge in [0.25, 0.3) is 0 Å². The van der Waals surface area contributed by atoms with Crippen LogP contribution in [0.25, 0.3) is 0 Å². The highest BCUT2D eigenvalue weighted by Crippen LogP contribution is 2.19. The molecule has 0 bridgehead atoms. The maximum absolute atomic E-state index is 12.0. The van der Waals surface area contributed by atoms with E-state index in [1.807, 2.05) is 11.9 Å². The lowest BCUT2D eigenvalue weighted by Crippen LogP contribution is -2.36. The van der Waals surface area contributed by atoms with Crippen LogP contribution in [0.1, 0.15) is 38.5 Å². The van der Waals surface area contributed by atoms with Crippen LogP contribution >= 0.6 is 0 Å². The van der Waals surface area contributed by atoms with Gasteiger partial charge in [-0.15, -0.1) is 0 Å². The minimum Gasteiger partial charge on any atom is -0.494 e. The summed E-state index contributed by atoms with van der Waals surface area (Å²) in [5.41, 5.74) is 1.47. The maximum atomic E-state index is 12.0. The summed E-state index contributed by atoms with van der Waals surface area (Å²) in [6.07, 6.45) is 10.1. The number of hydrogen-bond donors (Lipinski definition) is 1. The molecule has 0 radical (unpaired) electrons. The average Bonchev–Trinajstić information content (AvgIpc) is 2.66. The Labute approximate surface area is 168 Å². The van der Waals surface area contributed by atoms with E-state index in [0.717, 1.165) is 19.4 Å². The quantitative estimate of drug-likeness (QED) is 0.450. The van der Waals surface area contributed by atoms with E-state index in [2.05, 4.69) is 11.4 Å². The zero-order valence-corrected chi connectivity index (χ0v) is 17.8. The van der Waals surface area contributed by atoms with Gasteiger partial charge in [-0.25, -0.2) is 8.42 Å². The Bertz CT molecular complexity index is 774. The lowest BCUT2D eigenvalue weighted by atomic mass is 9.97. The number of rotatable bonds is 11. The molecule has 0 saturated carbocycles. The number of nitrogens with one attached hydrogen (secondary N) is 1. The van der Waals surface area contributed by atoms with Crippen LogP contribution in [0.4, 0.5) is 0 Å². The largest absolute Gasteiger partial charge is 0.494 e. The second-order valence-corrected chi connectivity index (χ2v) is 9.41. The fourth-order valence-electron chi connectivity index (χ4n) is 3.19. The van der Waals surface area contributed by atoms with Gasteiger partial charge in [-0.05, 0) is 63.8 Å². The number of carbonyl (C=O) groups is 1. The van der Waals surface area contributed by atoms with E-state index in [4.69, 9.17) is 4.74 Å². The summed E-state index contributed by atoms with van der Waals surface area (Å²) in [5, 5.41) is 2.99. The molecule has 6 nitrogen and oxygen atoms in total. The summed E-state index contributed by atoms with van der Waals surface area (Å²) in [4.78, 5) is 14.2. The van der Waals surface area contributed by atoms with Gasteiger partial charge < -0.3 is 10.1 Å². The van der Waals surface area contributed by atoms with Crippen LogP contribution < -0.4 is 10.1 Å². The molecule has 0 saturated heterocycles. The van der Waals surface area contributed by atoms with Crippen LogP contribution in [0.5, 0.6) is 5.75 Å². The predicted octanol–water partition coefficient (Wildman–Crippen LogP) is 2.80. The van der Waals surface area contributed by atoms with Gasteiger partial charge >= 0.3 is 0 Å². The number of sulfone groups is 1. The van der Waals surface area contributed by atoms with Crippen molar-refractivity contribution in [3.05, 3.63) is 35.9 Å². The van der Waals surface area contributed by atoms with Crippen molar-refractivity contribution in [1.82, 2.24) is 10.2 Å². The summed E-state index contributed by atoms with van der Waals surface area (Å²) >= 11 is 0. The van der Waals surface area contributed by atoms with E-state index in [1.165, 1.54) is 43.6 Å². The molecule has 7 heteroatoms. The van der Waals surface area contributed by atoms with E-state index < -0.39 is 9.84 Å². The maximum Gasteiger partial charge on any atom is 0.234 e. The van der Waals surface area contributed by atoms with Gasteiger partial charge in [-0.3, -0.25) is 9.69 Å². The molecule has 28 heavy (non-hydrogen) atoms. The van der Waals surface area contributed by atoms with Crippen LogP contribution in [0.15, 0.2) is 40.8 Å². The molecular formula is C21H32N2O4S. The third kappa shape index (κ3) is 8.44. The third-order valence-corrected chi connectivity index (χ3v) is 5.86. The number of amides is 1. The summed E-state index contributed by atoms with van der Waals surface area (Å²) in [6, 6.07) is 6.51. The Hall–Kier alpha value is -1.86. The van der Waals surface area contributed by atoms with E-state index in [0.29, 0.717) is 25.4 Å². The molecule has 0 spiro atoms. The van der Waals surface area contributed by atoms with Crippen molar-refractivity contribution in [3.8, 4) is 5.75 Å². The topological polar surface area (TPSA) is 75.7 Å². The highest BCUT2D eigenvalue weighted by atomic mass is 32.2. The SMILES string of the molecule is CN(CCCOc1cccc(S(C)(=O)=O)c1)CC(=O)NCCC1=CCCCC1. The molecule has 1 aromatic rings. The van der Waals surface area contributed by atoms with Crippen molar-refractivity contribution in [3.63, 3.8) is 0 Å². The molecule has 2 rings (SSSR count). The second kappa shape index (κ2) is 11.2. The lowest BCUT2D eigenvalue weighted by molar-refractivity contribution is -0.121. The predicted molar refractivity (Wildman–Crippen MR) is 111 cm³/mol. The van der Waals surface area contributed by atoms with E-state index in [1.54, 1.807) is 18.2 Å². The fourth-order valence-corrected chi connectivity index (χ4v) is 3.85. The highest BCUT2D eigenvalue weighted by Gasteiger charge is 2.09. The Balaban J connectivity index is 1.60. The lowest BCUT2D eigenvalue weighted by Gasteiger charge is -2.17. The molecular weight excluding hydrogens is 376 g/mol. The number of carbonyl (C=O) groups excluding carboxylic acids is 1. The molecule has 1 aromatic carbocycles. The van der Waals surface area contributed by atoms with Crippen molar-refractivity contribution < 1.29 is 17.9 Å². The van der Waals surface area contributed by atoms with Crippen molar-refractivity contribution in [2.24, 2.45) is 0 Å². The van der Waals surface area contributed by atoms with Crippen molar-refractivity contribution in [1.29, 1.82) is 0 Å². The zero-order chi connectivity index (χ0) is 20.4. The molecule has 1 amide bonds. The van der Waals surface area contributed by atoms with Gasteiger partial charge in [0.15, 0.2) is 9.84 Å². The summed E-state index contributed by atoms with van der Waals surface area (Å²) in [6.45, 7) is 2.26. The molecule has 156 valence electrons. The number of ether oxygens (including phenoxy) is 1. The first-order valence-corrected chi connectivity index (χ1v) is 11.8. The van der Waals surface area contributed by atoms with Crippen LogP contribution in [0.2, 0.25) is 0 Å². The monoisotopic (exact) mass is 408 g/mol. The van der Waals surface area contributed by atoms with Crippen LogP contribution in [0.3, 0.4) is 0 Å². The second-order valence-electron chi connectivity index (χ2n) is 7.39. The molecule has 0 aromatic heterocycles. The smallest absolute Gasteiger partial charge is 0.234 e. The van der Waals surface area contributed by atoms with Crippen LogP contribution in [0, 0.1) is 0 Å². The Morgan fingerprint density at radius 2 is 2.11 bits per heavy atom. The Morgan fingerprint density at radius 1 is 1.29 bits per heavy atom. The highest BCUT2D eigenvalue weighted by molar-refractivity contribution is 7.90. The third-order valence-electron chi connectivity index (χ3n) is 4.75. The summed E-state index contributed by atoms with van der Waals surface area (Å²) in [7, 11) is -1.32. The normalized spacial score (nSPS) is 14.6. The van der Waals surface area contributed by atoms with E-state index >= 15 is 0 Å². The Morgan fingerprint density at radius 3 is 2.82 bits per heavy atom. The minimum atomic E-state index is -3.23. The van der Waals surface area contributed by atoms with Crippen molar-refractivity contribution >= 4 is 15.7 Å². The van der Waals surface area contributed by atoms with E-state index in [9.17, 15) is 13.2 Å². The van der Waals surface area contributed by atoms with Gasteiger partial charge in [0.2, 0.25) is 5.91 Å². The molecule has 0 atom stereocenters. The molecule has 0 unspecified atom stereocenters. The van der Waals surface area contributed by atoms with Gasteiger partial charge in [-0.2, -0.15) is 0 Å². The molecule has 1 aliphatic rings. The molecule has 0 fully saturated rings. The number of benzene rings is 1. The first kappa shape index (κ1) is 22.4. The van der Waals surface area contributed by atoms with Gasteiger partial charge in [-0.1, -0.05) is 17.7 Å². The summed E-state index contributed by atoms with van der Waals surface area (Å²) < 4.78 is 28.8. The number of nitrogens with zero attached hydrogens (tertiary/aromatic N) is 1. The van der Waals surface area contributed by atoms with Crippen LogP contribution in [-0.4, -0.2) is 58.8 Å². The van der Waals surface area contributed by atoms with Crippen LogP contribution in [-0.2, 0) is 14.6 Å². The van der Waals surface area contributed by atoms with E-state index in [-0.39, 0.29) is 10.8 Å². The van der Waals surface area contributed by atoms with Gasteiger partial charge in [0.05, 0.1) is 18.0 Å². The standard InChI is InChI=1S/C21H32N2O4S/c1-23(17-21(24)22-13-12-18-8-4-3-5-9-18)14-7-15-27-19-10-6-11-20(16-19)28(2,25)26/h6,8,10-11,16H,3-5,7,9,12-15,17H2,1-2H3,(H,22,24). The van der Waals surface area contributed by atoms with Gasteiger partial charge in [0, 0.05) is 19.3 Å². The average molecular weight is 409 g/mol. The minimum absolute atomic E-state index is 0.0423. The molecule has 0 aliphatic heterocycles. The number of allylic oxidation sites excluding steroid dienone is 1. The van der Waals surface area contributed by atoms with Crippen molar-refractivity contribution in [2.75, 3.05) is 39.5 Å². The van der Waals surface area contributed by atoms with Crippen molar-refractivity contribution in [2.45, 2.75) is 43.4 Å². The number of hydrogen-bond acceptors (Lipinski definition) is 5. The summed E-state index contributed by atoms with van der Waals surface area (Å²) in [5.74, 6) is 0.584.